The van der Waals surface area contributed by atoms with Gasteiger partial charge < -0.3 is 4.74 Å². The van der Waals surface area contributed by atoms with E-state index in [9.17, 15) is 4.79 Å². The molecule has 0 spiro atoms. The summed E-state index contributed by atoms with van der Waals surface area (Å²) >= 11 is 2.28. The monoisotopic (exact) mass is 514 g/mol. The molecule has 4 aromatic rings. The Balaban J connectivity index is 1.44. The minimum atomic E-state index is -0.285. The average Bonchev–Trinajstić information content (AvgIpc) is 3.41. The van der Waals surface area contributed by atoms with Gasteiger partial charge in [0.25, 0.3) is 0 Å². The SMILES string of the molecule is Cn1nnn(-c2cccc(C3CC3)c2COc2ccn(-c3ccc(I)cc3)n2)c1=O. The lowest BCUT2D eigenvalue weighted by Crippen LogP contribution is -2.23. The summed E-state index contributed by atoms with van der Waals surface area (Å²) in [5.41, 5.74) is 3.53. The third kappa shape index (κ3) is 3.64. The number of hydrogen-bond donors (Lipinski definition) is 0. The highest BCUT2D eigenvalue weighted by molar-refractivity contribution is 14.1. The molecule has 2 aromatic heterocycles. The molecule has 0 bridgehead atoms. The zero-order valence-corrected chi connectivity index (χ0v) is 18.4. The molecule has 2 aromatic carbocycles. The highest BCUT2D eigenvalue weighted by Crippen LogP contribution is 2.43. The fraction of sp³-hybridized carbons (Fsp3) is 0.238. The molecule has 0 amide bonds. The van der Waals surface area contributed by atoms with Gasteiger partial charge in [0.15, 0.2) is 0 Å². The van der Waals surface area contributed by atoms with Crippen LogP contribution in [-0.4, -0.2) is 29.6 Å². The minimum absolute atomic E-state index is 0.285. The van der Waals surface area contributed by atoms with E-state index in [-0.39, 0.29) is 5.69 Å². The van der Waals surface area contributed by atoms with Crippen molar-refractivity contribution in [3.8, 4) is 17.3 Å². The standard InChI is InChI=1S/C21H19IN6O2/c1-26-21(29)28(25-24-26)19-4-2-3-17(14-5-6-14)18(19)13-30-20-11-12-27(23-20)16-9-7-15(22)8-10-16/h2-4,7-12,14H,5-6,13H2,1H3. The van der Waals surface area contributed by atoms with Gasteiger partial charge in [-0.05, 0) is 87.7 Å². The Labute approximate surface area is 186 Å². The summed E-state index contributed by atoms with van der Waals surface area (Å²) in [7, 11) is 1.59. The lowest BCUT2D eigenvalue weighted by molar-refractivity contribution is 0.290. The minimum Gasteiger partial charge on any atom is -0.472 e. The molecule has 1 aliphatic carbocycles. The molecule has 0 N–H and O–H groups in total. The second kappa shape index (κ2) is 7.71. The maximum Gasteiger partial charge on any atom is 0.368 e. The zero-order valence-electron chi connectivity index (χ0n) is 16.3. The van der Waals surface area contributed by atoms with Crippen molar-refractivity contribution in [3.05, 3.63) is 79.9 Å². The Morgan fingerprint density at radius 2 is 1.90 bits per heavy atom. The number of halogens is 1. The Bertz CT molecular complexity index is 1250. The summed E-state index contributed by atoms with van der Waals surface area (Å²) in [6, 6.07) is 15.9. The number of hydrogen-bond acceptors (Lipinski definition) is 5. The molecule has 30 heavy (non-hydrogen) atoms. The number of aromatic nitrogens is 6. The van der Waals surface area contributed by atoms with Gasteiger partial charge in [0.2, 0.25) is 5.88 Å². The van der Waals surface area contributed by atoms with Crippen molar-refractivity contribution in [1.82, 2.24) is 29.6 Å². The van der Waals surface area contributed by atoms with E-state index in [1.54, 1.807) is 11.7 Å². The van der Waals surface area contributed by atoms with Crippen LogP contribution in [0.25, 0.3) is 11.4 Å². The summed E-state index contributed by atoms with van der Waals surface area (Å²) < 4.78 is 11.5. The third-order valence-electron chi connectivity index (χ3n) is 5.17. The molecule has 0 saturated heterocycles. The van der Waals surface area contributed by atoms with Crippen LogP contribution in [0.1, 0.15) is 29.9 Å². The number of rotatable bonds is 6. The summed E-state index contributed by atoms with van der Waals surface area (Å²) in [6.45, 7) is 0.300. The van der Waals surface area contributed by atoms with Crippen LogP contribution < -0.4 is 10.4 Å². The molecule has 1 fully saturated rings. The first-order chi connectivity index (χ1) is 14.6. The topological polar surface area (TPSA) is 79.8 Å². The number of benzene rings is 2. The molecule has 0 radical (unpaired) electrons. The first kappa shape index (κ1) is 19.0. The third-order valence-corrected chi connectivity index (χ3v) is 5.89. The van der Waals surface area contributed by atoms with Crippen LogP contribution >= 0.6 is 22.6 Å². The Hall–Kier alpha value is -2.95. The maximum atomic E-state index is 12.4. The van der Waals surface area contributed by atoms with E-state index in [0.717, 1.165) is 24.1 Å². The van der Waals surface area contributed by atoms with Gasteiger partial charge in [-0.25, -0.2) is 9.48 Å². The van der Waals surface area contributed by atoms with Gasteiger partial charge in [-0.3, -0.25) is 0 Å². The highest BCUT2D eigenvalue weighted by atomic mass is 127. The van der Waals surface area contributed by atoms with Crippen LogP contribution in [0.2, 0.25) is 0 Å². The van der Waals surface area contributed by atoms with E-state index in [4.69, 9.17) is 4.74 Å². The second-order valence-electron chi connectivity index (χ2n) is 7.28. The Kier molecular flexibility index (Phi) is 4.89. The molecule has 5 rings (SSSR count). The van der Waals surface area contributed by atoms with Crippen molar-refractivity contribution in [3.63, 3.8) is 0 Å². The summed E-state index contributed by atoms with van der Waals surface area (Å²) in [6.07, 6.45) is 4.17. The molecule has 8 nitrogen and oxygen atoms in total. The Morgan fingerprint density at radius 3 is 2.60 bits per heavy atom. The molecule has 0 unspecified atom stereocenters. The molecular weight excluding hydrogens is 495 g/mol. The van der Waals surface area contributed by atoms with Crippen molar-refractivity contribution in [2.24, 2.45) is 7.05 Å². The molecular formula is C21H19IN6O2. The molecule has 0 atom stereocenters. The molecule has 0 aliphatic heterocycles. The normalized spacial score (nSPS) is 13.5. The number of nitrogens with zero attached hydrogens (tertiary/aromatic N) is 6. The van der Waals surface area contributed by atoms with Crippen LogP contribution in [0, 0.1) is 3.57 Å². The summed E-state index contributed by atoms with van der Waals surface area (Å²) in [4.78, 5) is 12.4. The average molecular weight is 514 g/mol. The van der Waals surface area contributed by atoms with Gasteiger partial charge in [0.05, 0.1) is 11.4 Å². The lowest BCUT2D eigenvalue weighted by atomic mass is 10.0. The van der Waals surface area contributed by atoms with E-state index in [1.165, 1.54) is 18.5 Å². The van der Waals surface area contributed by atoms with Gasteiger partial charge in [0, 0.05) is 28.4 Å². The fourth-order valence-corrected chi connectivity index (χ4v) is 3.82. The molecule has 9 heteroatoms. The van der Waals surface area contributed by atoms with Crippen molar-refractivity contribution in [2.45, 2.75) is 25.4 Å². The fourth-order valence-electron chi connectivity index (χ4n) is 3.46. The van der Waals surface area contributed by atoms with Crippen molar-refractivity contribution in [2.75, 3.05) is 0 Å². The van der Waals surface area contributed by atoms with Gasteiger partial charge >= 0.3 is 5.69 Å². The number of ether oxygens (including phenoxy) is 1. The van der Waals surface area contributed by atoms with E-state index in [1.807, 2.05) is 48.7 Å². The van der Waals surface area contributed by atoms with Gasteiger partial charge in [-0.15, -0.1) is 5.10 Å². The molecule has 1 saturated carbocycles. The van der Waals surface area contributed by atoms with Crippen molar-refractivity contribution in [1.29, 1.82) is 0 Å². The van der Waals surface area contributed by atoms with E-state index in [0.29, 0.717) is 24.1 Å². The lowest BCUT2D eigenvalue weighted by Gasteiger charge is -2.14. The molecule has 1 aliphatic rings. The van der Waals surface area contributed by atoms with Crippen molar-refractivity contribution >= 4 is 22.6 Å². The first-order valence-corrected chi connectivity index (χ1v) is 10.7. The van der Waals surface area contributed by atoms with E-state index >= 15 is 0 Å². The second-order valence-corrected chi connectivity index (χ2v) is 8.53. The quantitative estimate of drug-likeness (QED) is 0.370. The first-order valence-electron chi connectivity index (χ1n) is 9.66. The summed E-state index contributed by atoms with van der Waals surface area (Å²) in [5, 5.41) is 12.4. The van der Waals surface area contributed by atoms with Crippen LogP contribution in [0.4, 0.5) is 0 Å². The smallest absolute Gasteiger partial charge is 0.368 e. The van der Waals surface area contributed by atoms with Crippen LogP contribution in [-0.2, 0) is 13.7 Å². The van der Waals surface area contributed by atoms with Gasteiger partial charge in [0.1, 0.15) is 6.61 Å². The zero-order chi connectivity index (χ0) is 20.7. The number of aryl methyl sites for hydroxylation is 1. The van der Waals surface area contributed by atoms with Crippen LogP contribution in [0.3, 0.4) is 0 Å². The van der Waals surface area contributed by atoms with Crippen molar-refractivity contribution < 1.29 is 4.74 Å². The van der Waals surface area contributed by atoms with Crippen LogP contribution in [0.15, 0.2) is 59.5 Å². The van der Waals surface area contributed by atoms with E-state index < -0.39 is 0 Å². The van der Waals surface area contributed by atoms with E-state index in [2.05, 4.69) is 44.2 Å². The largest absolute Gasteiger partial charge is 0.472 e. The highest BCUT2D eigenvalue weighted by Gasteiger charge is 2.28. The predicted octanol–water partition coefficient (Wildman–Crippen LogP) is 3.21. The molecule has 152 valence electrons. The van der Waals surface area contributed by atoms with Gasteiger partial charge in [-0.2, -0.15) is 9.36 Å². The maximum absolute atomic E-state index is 12.4. The predicted molar refractivity (Wildman–Crippen MR) is 119 cm³/mol. The molecule has 2 heterocycles. The van der Waals surface area contributed by atoms with Crippen LogP contribution in [0.5, 0.6) is 5.88 Å². The van der Waals surface area contributed by atoms with Gasteiger partial charge in [-0.1, -0.05) is 12.1 Å². The Morgan fingerprint density at radius 1 is 1.10 bits per heavy atom. The summed E-state index contributed by atoms with van der Waals surface area (Å²) in [5.74, 6) is 1.02. The number of tetrazole rings is 1.